The van der Waals surface area contributed by atoms with E-state index in [4.69, 9.17) is 4.74 Å². The molecule has 2 aliphatic heterocycles. The van der Waals surface area contributed by atoms with Crippen LogP contribution in [0.3, 0.4) is 0 Å². The van der Waals surface area contributed by atoms with E-state index in [0.717, 1.165) is 32.6 Å². The average Bonchev–Trinajstić information content (AvgIpc) is 2.73. The molecule has 84 valence electrons. The van der Waals surface area contributed by atoms with Crippen molar-refractivity contribution in [2.45, 2.75) is 12.5 Å². The van der Waals surface area contributed by atoms with E-state index in [1.807, 2.05) is 4.90 Å². The number of hydrogen-bond donors (Lipinski definition) is 1. The van der Waals surface area contributed by atoms with E-state index >= 15 is 0 Å². The van der Waals surface area contributed by atoms with Gasteiger partial charge < -0.3 is 15.0 Å². The third-order valence-corrected chi connectivity index (χ3v) is 4.17. The number of ether oxygens (including phenoxy) is 1. The Morgan fingerprint density at radius 2 is 2.13 bits per heavy atom. The van der Waals surface area contributed by atoms with Crippen LogP contribution in [0.1, 0.15) is 6.42 Å². The molecular formula is C11H18N2O2. The first-order chi connectivity index (χ1) is 7.31. The summed E-state index contributed by atoms with van der Waals surface area (Å²) >= 11 is 0. The monoisotopic (exact) mass is 210 g/mol. The molecule has 0 radical (unpaired) electrons. The van der Waals surface area contributed by atoms with Gasteiger partial charge in [0.1, 0.15) is 0 Å². The highest BCUT2D eigenvalue weighted by Gasteiger charge is 2.58. The Hall–Kier alpha value is -0.610. The Kier molecular flexibility index (Phi) is 2.21. The number of carbonyl (C=O) groups excluding carboxylic acids is 1. The number of likely N-dealkylation sites (tertiary alicyclic amines) is 1. The lowest BCUT2D eigenvalue weighted by Gasteiger charge is -2.17. The number of hydrogen-bond acceptors (Lipinski definition) is 3. The van der Waals surface area contributed by atoms with Gasteiger partial charge in [0, 0.05) is 26.1 Å². The molecule has 4 heteroatoms. The molecule has 1 N–H and O–H groups in total. The van der Waals surface area contributed by atoms with Crippen LogP contribution in [0.15, 0.2) is 0 Å². The van der Waals surface area contributed by atoms with Crippen LogP contribution in [0.5, 0.6) is 0 Å². The van der Waals surface area contributed by atoms with Crippen molar-refractivity contribution >= 4 is 5.91 Å². The highest BCUT2D eigenvalue weighted by atomic mass is 16.5. The van der Waals surface area contributed by atoms with Crippen molar-refractivity contribution < 1.29 is 9.53 Å². The Labute approximate surface area is 90.0 Å². The van der Waals surface area contributed by atoms with Crippen molar-refractivity contribution in [3.8, 4) is 0 Å². The number of methoxy groups -OCH3 is 1. The van der Waals surface area contributed by atoms with Crippen molar-refractivity contribution in [3.63, 3.8) is 0 Å². The zero-order chi connectivity index (χ0) is 10.4. The first-order valence-corrected chi connectivity index (χ1v) is 5.83. The van der Waals surface area contributed by atoms with Gasteiger partial charge in [-0.2, -0.15) is 0 Å². The van der Waals surface area contributed by atoms with Crippen molar-refractivity contribution in [3.05, 3.63) is 0 Å². The van der Waals surface area contributed by atoms with Gasteiger partial charge in [0.15, 0.2) is 0 Å². The third-order valence-electron chi connectivity index (χ3n) is 4.17. The lowest BCUT2D eigenvalue weighted by molar-refractivity contribution is -0.132. The zero-order valence-corrected chi connectivity index (χ0v) is 9.11. The molecule has 1 unspecified atom stereocenters. The minimum atomic E-state index is 0.269. The number of fused-ring (bicyclic) bond motifs is 1. The Bertz CT molecular complexity index is 272. The third kappa shape index (κ3) is 1.47. The Balaban J connectivity index is 1.58. The minimum absolute atomic E-state index is 0.269. The van der Waals surface area contributed by atoms with Crippen LogP contribution < -0.4 is 5.32 Å². The molecule has 0 aromatic carbocycles. The summed E-state index contributed by atoms with van der Waals surface area (Å²) in [5.41, 5.74) is 0. The standard InChI is InChI=1S/C11H18N2O2/c1-15-7-2-3-13(6-7)11(14)10-8-4-12-5-9(8)10/h7-10,12H,2-6H2,1H3/t7-,8-,9+,10?/m0/s1. The largest absolute Gasteiger partial charge is 0.380 e. The lowest BCUT2D eigenvalue weighted by Crippen LogP contribution is -2.34. The van der Waals surface area contributed by atoms with Gasteiger partial charge in [-0.05, 0) is 31.3 Å². The highest BCUT2D eigenvalue weighted by molar-refractivity contribution is 5.83. The highest BCUT2D eigenvalue weighted by Crippen LogP contribution is 2.49. The van der Waals surface area contributed by atoms with E-state index in [2.05, 4.69) is 5.32 Å². The molecular weight excluding hydrogens is 192 g/mol. The SMILES string of the molecule is CO[C@H]1CCN(C(=O)C2[C@H]3CNC[C@@H]23)C1. The van der Waals surface area contributed by atoms with Gasteiger partial charge in [0.25, 0.3) is 0 Å². The van der Waals surface area contributed by atoms with E-state index < -0.39 is 0 Å². The maximum atomic E-state index is 12.1. The van der Waals surface area contributed by atoms with Crippen LogP contribution in [-0.2, 0) is 9.53 Å². The van der Waals surface area contributed by atoms with E-state index in [-0.39, 0.29) is 6.10 Å². The molecule has 0 spiro atoms. The van der Waals surface area contributed by atoms with E-state index in [1.54, 1.807) is 7.11 Å². The van der Waals surface area contributed by atoms with Gasteiger partial charge in [0.2, 0.25) is 5.91 Å². The first kappa shape index (κ1) is 9.60. The maximum absolute atomic E-state index is 12.1. The zero-order valence-electron chi connectivity index (χ0n) is 9.11. The second-order valence-electron chi connectivity index (χ2n) is 4.94. The maximum Gasteiger partial charge on any atom is 0.226 e. The molecule has 2 heterocycles. The van der Waals surface area contributed by atoms with Gasteiger partial charge in [-0.1, -0.05) is 0 Å². The number of nitrogens with one attached hydrogen (secondary N) is 1. The molecule has 3 fully saturated rings. The van der Waals surface area contributed by atoms with E-state index in [0.29, 0.717) is 23.7 Å². The molecule has 0 aromatic heterocycles. The van der Waals surface area contributed by atoms with Gasteiger partial charge in [-0.3, -0.25) is 4.79 Å². The lowest BCUT2D eigenvalue weighted by atomic mass is 10.2. The van der Waals surface area contributed by atoms with Crippen molar-refractivity contribution in [2.75, 3.05) is 33.3 Å². The summed E-state index contributed by atoms with van der Waals surface area (Å²) in [7, 11) is 1.73. The predicted octanol–water partition coefficient (Wildman–Crippen LogP) is -0.301. The van der Waals surface area contributed by atoms with Gasteiger partial charge in [0.05, 0.1) is 6.10 Å². The molecule has 1 aliphatic carbocycles. The molecule has 4 atom stereocenters. The average molecular weight is 210 g/mol. The van der Waals surface area contributed by atoms with Crippen LogP contribution in [0, 0.1) is 17.8 Å². The quantitative estimate of drug-likeness (QED) is 0.680. The van der Waals surface area contributed by atoms with Crippen LogP contribution in [0.2, 0.25) is 0 Å². The summed E-state index contributed by atoms with van der Waals surface area (Å²) in [6, 6.07) is 0. The molecule has 3 rings (SSSR count). The summed E-state index contributed by atoms with van der Waals surface area (Å²) in [5, 5.41) is 3.32. The fourth-order valence-electron chi connectivity index (χ4n) is 3.12. The predicted molar refractivity (Wildman–Crippen MR) is 55.3 cm³/mol. The smallest absolute Gasteiger partial charge is 0.226 e. The number of carbonyl (C=O) groups is 1. The Morgan fingerprint density at radius 3 is 2.73 bits per heavy atom. The molecule has 2 saturated heterocycles. The fourth-order valence-corrected chi connectivity index (χ4v) is 3.12. The van der Waals surface area contributed by atoms with Crippen LogP contribution in [0.4, 0.5) is 0 Å². The normalized spacial score (nSPS) is 43.1. The number of piperidine rings is 1. The van der Waals surface area contributed by atoms with Crippen molar-refractivity contribution in [1.29, 1.82) is 0 Å². The molecule has 0 aromatic rings. The van der Waals surface area contributed by atoms with Crippen molar-refractivity contribution in [2.24, 2.45) is 17.8 Å². The molecule has 15 heavy (non-hydrogen) atoms. The van der Waals surface area contributed by atoms with E-state index in [1.165, 1.54) is 0 Å². The summed E-state index contributed by atoms with van der Waals surface area (Å²) in [5.74, 6) is 1.99. The summed E-state index contributed by atoms with van der Waals surface area (Å²) in [4.78, 5) is 14.1. The topological polar surface area (TPSA) is 41.6 Å². The van der Waals surface area contributed by atoms with Crippen LogP contribution >= 0.6 is 0 Å². The molecule has 4 nitrogen and oxygen atoms in total. The van der Waals surface area contributed by atoms with Crippen molar-refractivity contribution in [1.82, 2.24) is 10.2 Å². The molecule has 1 amide bonds. The minimum Gasteiger partial charge on any atom is -0.380 e. The summed E-state index contributed by atoms with van der Waals surface area (Å²) in [6.45, 7) is 3.78. The molecule has 0 bridgehead atoms. The van der Waals surface area contributed by atoms with Gasteiger partial charge in [-0.25, -0.2) is 0 Å². The van der Waals surface area contributed by atoms with Gasteiger partial charge >= 0.3 is 0 Å². The number of amides is 1. The summed E-state index contributed by atoms with van der Waals surface area (Å²) < 4.78 is 5.28. The van der Waals surface area contributed by atoms with Crippen LogP contribution in [0.25, 0.3) is 0 Å². The second kappa shape index (κ2) is 3.46. The first-order valence-electron chi connectivity index (χ1n) is 5.83. The molecule has 1 saturated carbocycles. The number of nitrogens with zero attached hydrogens (tertiary/aromatic N) is 1. The fraction of sp³-hybridized carbons (Fsp3) is 0.909. The Morgan fingerprint density at radius 1 is 1.40 bits per heavy atom. The van der Waals surface area contributed by atoms with Gasteiger partial charge in [-0.15, -0.1) is 0 Å². The second-order valence-corrected chi connectivity index (χ2v) is 4.94. The summed E-state index contributed by atoms with van der Waals surface area (Å²) in [6.07, 6.45) is 1.27. The van der Waals surface area contributed by atoms with Crippen LogP contribution in [-0.4, -0.2) is 50.2 Å². The molecule has 3 aliphatic rings. The van der Waals surface area contributed by atoms with E-state index in [9.17, 15) is 4.79 Å². The number of rotatable bonds is 2.